The van der Waals surface area contributed by atoms with Gasteiger partial charge in [-0.15, -0.1) is 11.3 Å². The van der Waals surface area contributed by atoms with Crippen LogP contribution in [0.25, 0.3) is 0 Å². The molecule has 0 spiro atoms. The molecule has 0 fully saturated rings. The summed E-state index contributed by atoms with van der Waals surface area (Å²) in [5.74, 6) is 1.33. The van der Waals surface area contributed by atoms with Crippen molar-refractivity contribution in [2.45, 2.75) is 45.7 Å². The fourth-order valence-electron chi connectivity index (χ4n) is 2.87. The zero-order chi connectivity index (χ0) is 14.8. The minimum Gasteiger partial charge on any atom is -0.351 e. The summed E-state index contributed by atoms with van der Waals surface area (Å²) in [5, 5.41) is 5.26. The Hall–Kier alpha value is -1.62. The Morgan fingerprint density at radius 1 is 1.62 bits per heavy atom. The Balaban J connectivity index is 1.56. The Bertz CT molecular complexity index is 618. The predicted molar refractivity (Wildman–Crippen MR) is 84.4 cm³/mol. The number of nitrogens with zero attached hydrogens (tertiary/aromatic N) is 2. The molecule has 3 rings (SSSR count). The lowest BCUT2D eigenvalue weighted by molar-refractivity contribution is -0.125. The van der Waals surface area contributed by atoms with E-state index < -0.39 is 0 Å². The first-order chi connectivity index (χ1) is 10.1. The Labute approximate surface area is 129 Å². The van der Waals surface area contributed by atoms with Crippen molar-refractivity contribution in [2.24, 2.45) is 5.92 Å². The molecule has 0 aromatic carbocycles. The SMILES string of the molecule is Cc1cn2c(n1)CC[C@H](NC(=O)[C@@H](C)Cc1cccs1)C2. The highest BCUT2D eigenvalue weighted by Gasteiger charge is 2.23. The summed E-state index contributed by atoms with van der Waals surface area (Å²) in [6, 6.07) is 4.36. The highest BCUT2D eigenvalue weighted by atomic mass is 32.1. The second-order valence-electron chi connectivity index (χ2n) is 5.88. The topological polar surface area (TPSA) is 46.9 Å². The number of thiophene rings is 1. The number of fused-ring (bicyclic) bond motifs is 1. The molecule has 3 heterocycles. The van der Waals surface area contributed by atoms with Crippen molar-refractivity contribution in [3.05, 3.63) is 40.1 Å². The lowest BCUT2D eigenvalue weighted by atomic mass is 10.0. The fourth-order valence-corrected chi connectivity index (χ4v) is 3.71. The molecule has 0 unspecified atom stereocenters. The third-order valence-corrected chi connectivity index (χ3v) is 4.89. The number of carbonyl (C=O) groups excluding carboxylic acids is 1. The van der Waals surface area contributed by atoms with Crippen LogP contribution in [-0.4, -0.2) is 21.5 Å². The smallest absolute Gasteiger partial charge is 0.223 e. The number of amides is 1. The van der Waals surface area contributed by atoms with Gasteiger partial charge in [-0.25, -0.2) is 4.98 Å². The first-order valence-corrected chi connectivity index (χ1v) is 8.35. The summed E-state index contributed by atoms with van der Waals surface area (Å²) in [4.78, 5) is 18.1. The van der Waals surface area contributed by atoms with Gasteiger partial charge in [-0.2, -0.15) is 0 Å². The Kier molecular flexibility index (Phi) is 4.10. The van der Waals surface area contributed by atoms with E-state index in [1.165, 1.54) is 4.88 Å². The Morgan fingerprint density at radius 2 is 2.48 bits per heavy atom. The van der Waals surface area contributed by atoms with Crippen molar-refractivity contribution >= 4 is 17.2 Å². The molecule has 21 heavy (non-hydrogen) atoms. The minimum absolute atomic E-state index is 0.0228. The summed E-state index contributed by atoms with van der Waals surface area (Å²) in [6.45, 7) is 4.86. The molecule has 1 N–H and O–H groups in total. The monoisotopic (exact) mass is 303 g/mol. The first-order valence-electron chi connectivity index (χ1n) is 7.47. The normalized spacial score (nSPS) is 19.0. The van der Waals surface area contributed by atoms with E-state index in [0.29, 0.717) is 0 Å². The third kappa shape index (κ3) is 3.35. The van der Waals surface area contributed by atoms with Crippen LogP contribution < -0.4 is 5.32 Å². The van der Waals surface area contributed by atoms with Crippen molar-refractivity contribution in [1.82, 2.24) is 14.9 Å². The molecule has 1 amide bonds. The van der Waals surface area contributed by atoms with Gasteiger partial charge in [-0.05, 0) is 31.2 Å². The molecule has 2 aromatic rings. The average Bonchev–Trinajstić information content (AvgIpc) is 3.06. The largest absolute Gasteiger partial charge is 0.351 e. The summed E-state index contributed by atoms with van der Waals surface area (Å²) >= 11 is 1.72. The quantitative estimate of drug-likeness (QED) is 0.943. The summed E-state index contributed by atoms with van der Waals surface area (Å²) in [5.41, 5.74) is 1.06. The van der Waals surface area contributed by atoms with E-state index in [-0.39, 0.29) is 17.9 Å². The van der Waals surface area contributed by atoms with Crippen LogP contribution in [0.15, 0.2) is 23.7 Å². The maximum absolute atomic E-state index is 12.3. The second-order valence-corrected chi connectivity index (χ2v) is 6.91. The van der Waals surface area contributed by atoms with Crippen LogP contribution in [0.3, 0.4) is 0 Å². The average molecular weight is 303 g/mol. The molecule has 2 aromatic heterocycles. The van der Waals surface area contributed by atoms with Crippen molar-refractivity contribution in [3.63, 3.8) is 0 Å². The van der Waals surface area contributed by atoms with Gasteiger partial charge in [0.05, 0.1) is 5.69 Å². The first kappa shape index (κ1) is 14.3. The number of imidazole rings is 1. The third-order valence-electron chi connectivity index (χ3n) is 3.99. The standard InChI is InChI=1S/C16H21N3OS/c1-11(8-14-4-3-7-21-14)16(20)18-13-5-6-15-17-12(2)9-19(15)10-13/h3-4,7,9,11,13H,5-6,8,10H2,1-2H3,(H,18,20)/t11-,13-/m0/s1. The highest BCUT2D eigenvalue weighted by molar-refractivity contribution is 7.09. The van der Waals surface area contributed by atoms with Gasteiger partial charge in [-0.3, -0.25) is 4.79 Å². The number of nitrogens with one attached hydrogen (secondary N) is 1. The number of aromatic nitrogens is 2. The van der Waals surface area contributed by atoms with E-state index in [0.717, 1.165) is 37.3 Å². The van der Waals surface area contributed by atoms with Gasteiger partial charge in [0, 0.05) is 36.0 Å². The van der Waals surface area contributed by atoms with Gasteiger partial charge >= 0.3 is 0 Å². The molecular weight excluding hydrogens is 282 g/mol. The molecule has 1 aliphatic heterocycles. The van der Waals surface area contributed by atoms with Gasteiger partial charge < -0.3 is 9.88 Å². The van der Waals surface area contributed by atoms with Crippen LogP contribution in [0.1, 0.15) is 29.7 Å². The molecule has 112 valence electrons. The van der Waals surface area contributed by atoms with E-state index in [1.807, 2.05) is 19.9 Å². The van der Waals surface area contributed by atoms with Crippen LogP contribution in [-0.2, 0) is 24.2 Å². The molecule has 0 saturated heterocycles. The molecule has 5 heteroatoms. The summed E-state index contributed by atoms with van der Waals surface area (Å²) in [6.07, 6.45) is 4.82. The summed E-state index contributed by atoms with van der Waals surface area (Å²) < 4.78 is 2.17. The fraction of sp³-hybridized carbons (Fsp3) is 0.500. The van der Waals surface area contributed by atoms with Crippen LogP contribution in [0, 0.1) is 12.8 Å². The zero-order valence-electron chi connectivity index (χ0n) is 12.5. The molecule has 4 nitrogen and oxygen atoms in total. The molecule has 1 aliphatic rings. The number of hydrogen-bond donors (Lipinski definition) is 1. The van der Waals surface area contributed by atoms with Gasteiger partial charge in [0.2, 0.25) is 5.91 Å². The molecule has 0 aliphatic carbocycles. The van der Waals surface area contributed by atoms with Gasteiger partial charge in [0.25, 0.3) is 0 Å². The summed E-state index contributed by atoms with van der Waals surface area (Å²) in [7, 11) is 0. The zero-order valence-corrected chi connectivity index (χ0v) is 13.3. The molecule has 0 bridgehead atoms. The highest BCUT2D eigenvalue weighted by Crippen LogP contribution is 2.17. The predicted octanol–water partition coefficient (Wildman–Crippen LogP) is 2.56. The molecular formula is C16H21N3OS. The van der Waals surface area contributed by atoms with Crippen LogP contribution in [0.4, 0.5) is 0 Å². The molecule has 2 atom stereocenters. The Morgan fingerprint density at radius 3 is 3.24 bits per heavy atom. The van der Waals surface area contributed by atoms with E-state index in [1.54, 1.807) is 11.3 Å². The maximum atomic E-state index is 12.3. The van der Waals surface area contributed by atoms with Crippen molar-refractivity contribution in [2.75, 3.05) is 0 Å². The molecule has 0 saturated carbocycles. The van der Waals surface area contributed by atoms with Crippen LogP contribution in [0.5, 0.6) is 0 Å². The minimum atomic E-state index is 0.0228. The number of hydrogen-bond acceptors (Lipinski definition) is 3. The number of carbonyl (C=O) groups is 1. The van der Waals surface area contributed by atoms with Crippen molar-refractivity contribution in [1.29, 1.82) is 0 Å². The van der Waals surface area contributed by atoms with Crippen LogP contribution in [0.2, 0.25) is 0 Å². The molecule has 0 radical (unpaired) electrons. The van der Waals surface area contributed by atoms with Crippen molar-refractivity contribution in [3.8, 4) is 0 Å². The van der Waals surface area contributed by atoms with Gasteiger partial charge in [0.15, 0.2) is 0 Å². The van der Waals surface area contributed by atoms with E-state index >= 15 is 0 Å². The van der Waals surface area contributed by atoms with Crippen molar-refractivity contribution < 1.29 is 4.79 Å². The lowest BCUT2D eigenvalue weighted by Gasteiger charge is -2.26. The maximum Gasteiger partial charge on any atom is 0.223 e. The van der Waals surface area contributed by atoms with Gasteiger partial charge in [-0.1, -0.05) is 13.0 Å². The van der Waals surface area contributed by atoms with E-state index in [2.05, 4.69) is 32.5 Å². The van der Waals surface area contributed by atoms with E-state index in [4.69, 9.17) is 0 Å². The number of aryl methyl sites for hydroxylation is 2. The lowest BCUT2D eigenvalue weighted by Crippen LogP contribution is -2.43. The number of rotatable bonds is 4. The van der Waals surface area contributed by atoms with E-state index in [9.17, 15) is 4.79 Å². The second kappa shape index (κ2) is 6.02. The van der Waals surface area contributed by atoms with Crippen LogP contribution >= 0.6 is 11.3 Å². The van der Waals surface area contributed by atoms with Gasteiger partial charge in [0.1, 0.15) is 5.82 Å².